The van der Waals surface area contributed by atoms with E-state index in [2.05, 4.69) is 158 Å². The zero-order valence-corrected chi connectivity index (χ0v) is 22.0. The highest BCUT2D eigenvalue weighted by atomic mass is 14.2. The molecule has 0 saturated carbocycles. The number of benzene rings is 8. The Kier molecular flexibility index (Phi) is 5.24. The van der Waals surface area contributed by atoms with Crippen LogP contribution in [0, 0.1) is 0 Å². The van der Waals surface area contributed by atoms with E-state index in [4.69, 9.17) is 0 Å². The topological polar surface area (TPSA) is 0 Å². The minimum Gasteiger partial charge on any atom is -0.0616 e. The summed E-state index contributed by atoms with van der Waals surface area (Å²) in [6.45, 7) is 0. The fraction of sp³-hybridized carbons (Fsp3) is 0. The molecule has 0 heterocycles. The van der Waals surface area contributed by atoms with Crippen molar-refractivity contribution in [2.75, 3.05) is 0 Å². The Balaban J connectivity index is 1.32. The van der Waals surface area contributed by atoms with Crippen LogP contribution in [0.2, 0.25) is 0 Å². The van der Waals surface area contributed by atoms with E-state index in [1.54, 1.807) is 0 Å². The summed E-state index contributed by atoms with van der Waals surface area (Å²) >= 11 is 0. The van der Waals surface area contributed by atoms with Crippen LogP contribution in [-0.4, -0.2) is 0 Å². The van der Waals surface area contributed by atoms with Gasteiger partial charge in [0.2, 0.25) is 0 Å². The van der Waals surface area contributed by atoms with Gasteiger partial charge in [-0.1, -0.05) is 146 Å². The van der Waals surface area contributed by atoms with Crippen molar-refractivity contribution in [3.05, 3.63) is 158 Å². The monoisotopic (exact) mass is 506 g/mol. The third-order valence-electron chi connectivity index (χ3n) is 8.26. The summed E-state index contributed by atoms with van der Waals surface area (Å²) in [5.74, 6) is 0. The smallest absolute Gasteiger partial charge is 0.00987 e. The van der Waals surface area contributed by atoms with Gasteiger partial charge >= 0.3 is 0 Å². The quantitative estimate of drug-likeness (QED) is 0.223. The van der Waals surface area contributed by atoms with Gasteiger partial charge < -0.3 is 0 Å². The summed E-state index contributed by atoms with van der Waals surface area (Å²) in [4.78, 5) is 0. The fourth-order valence-corrected chi connectivity index (χ4v) is 6.30. The normalized spacial score (nSPS) is 11.5. The van der Waals surface area contributed by atoms with Gasteiger partial charge in [0.25, 0.3) is 0 Å². The van der Waals surface area contributed by atoms with Crippen molar-refractivity contribution in [1.29, 1.82) is 0 Å². The lowest BCUT2D eigenvalue weighted by atomic mass is 9.88. The molecular formula is C40H26. The lowest BCUT2D eigenvalue weighted by Gasteiger charge is -2.16. The third kappa shape index (κ3) is 3.69. The molecule has 0 aliphatic heterocycles. The highest BCUT2D eigenvalue weighted by Crippen LogP contribution is 2.41. The predicted molar refractivity (Wildman–Crippen MR) is 173 cm³/mol. The van der Waals surface area contributed by atoms with E-state index in [1.165, 1.54) is 76.5 Å². The van der Waals surface area contributed by atoms with E-state index in [1.807, 2.05) is 0 Å². The average Bonchev–Trinajstić information content (AvgIpc) is 3.03. The molecule has 0 saturated heterocycles. The first-order valence-electron chi connectivity index (χ1n) is 13.9. The number of hydrogen-bond donors (Lipinski definition) is 0. The highest BCUT2D eigenvalue weighted by molar-refractivity contribution is 6.12. The van der Waals surface area contributed by atoms with Crippen molar-refractivity contribution in [2.24, 2.45) is 0 Å². The Morgan fingerprint density at radius 1 is 0.225 bits per heavy atom. The molecule has 0 fully saturated rings. The summed E-state index contributed by atoms with van der Waals surface area (Å²) in [5, 5.41) is 10.2. The second kappa shape index (κ2) is 9.22. The molecule has 0 aromatic heterocycles. The molecule has 0 atom stereocenters. The predicted octanol–water partition coefficient (Wildman–Crippen LogP) is 11.3. The SMILES string of the molecule is c1ccc2cc(-c3cccc4c(-c5ccc(-c6ccc7ccccc7c6)c6ccccc56)cccc34)ccc2c1. The molecule has 8 rings (SSSR count). The second-order valence-electron chi connectivity index (χ2n) is 10.5. The van der Waals surface area contributed by atoms with Crippen LogP contribution < -0.4 is 0 Å². The van der Waals surface area contributed by atoms with Gasteiger partial charge in [-0.25, -0.2) is 0 Å². The minimum absolute atomic E-state index is 1.25. The van der Waals surface area contributed by atoms with E-state index in [0.29, 0.717) is 0 Å². The summed E-state index contributed by atoms with van der Waals surface area (Å²) in [6, 6.07) is 57.6. The van der Waals surface area contributed by atoms with Gasteiger partial charge in [-0.05, 0) is 88.6 Å². The van der Waals surface area contributed by atoms with E-state index in [0.717, 1.165) is 0 Å². The van der Waals surface area contributed by atoms with Crippen LogP contribution in [0.15, 0.2) is 158 Å². The Bertz CT molecular complexity index is 2100. The van der Waals surface area contributed by atoms with E-state index >= 15 is 0 Å². The summed E-state index contributed by atoms with van der Waals surface area (Å²) in [5.41, 5.74) is 7.56. The largest absolute Gasteiger partial charge is 0.0616 e. The molecule has 0 nitrogen and oxygen atoms in total. The second-order valence-corrected chi connectivity index (χ2v) is 10.5. The molecule has 0 aliphatic rings. The molecule has 0 aliphatic carbocycles. The molecule has 8 aromatic carbocycles. The zero-order chi connectivity index (χ0) is 26.5. The van der Waals surface area contributed by atoms with Crippen molar-refractivity contribution >= 4 is 43.1 Å². The molecule has 0 amide bonds. The molecular weight excluding hydrogens is 480 g/mol. The molecule has 0 unspecified atom stereocenters. The number of fused-ring (bicyclic) bond motifs is 4. The van der Waals surface area contributed by atoms with Crippen molar-refractivity contribution in [3.63, 3.8) is 0 Å². The highest BCUT2D eigenvalue weighted by Gasteiger charge is 2.13. The molecule has 0 N–H and O–H groups in total. The fourth-order valence-electron chi connectivity index (χ4n) is 6.30. The summed E-state index contributed by atoms with van der Waals surface area (Å²) < 4.78 is 0. The summed E-state index contributed by atoms with van der Waals surface area (Å²) in [6.07, 6.45) is 0. The van der Waals surface area contributed by atoms with Gasteiger partial charge in [0.15, 0.2) is 0 Å². The van der Waals surface area contributed by atoms with E-state index in [9.17, 15) is 0 Å². The van der Waals surface area contributed by atoms with Crippen molar-refractivity contribution in [3.8, 4) is 33.4 Å². The Hall–Kier alpha value is -5.20. The van der Waals surface area contributed by atoms with Gasteiger partial charge in [0.05, 0.1) is 0 Å². The van der Waals surface area contributed by atoms with Crippen LogP contribution in [-0.2, 0) is 0 Å². The van der Waals surface area contributed by atoms with Crippen molar-refractivity contribution in [1.82, 2.24) is 0 Å². The van der Waals surface area contributed by atoms with Crippen LogP contribution >= 0.6 is 0 Å². The molecule has 0 heteroatoms. The van der Waals surface area contributed by atoms with Crippen LogP contribution in [0.1, 0.15) is 0 Å². The first-order chi connectivity index (χ1) is 19.8. The van der Waals surface area contributed by atoms with Gasteiger partial charge in [0, 0.05) is 0 Å². The number of rotatable bonds is 3. The van der Waals surface area contributed by atoms with Gasteiger partial charge in [0.1, 0.15) is 0 Å². The van der Waals surface area contributed by atoms with Crippen LogP contribution in [0.4, 0.5) is 0 Å². The van der Waals surface area contributed by atoms with Gasteiger partial charge in [-0.3, -0.25) is 0 Å². The summed E-state index contributed by atoms with van der Waals surface area (Å²) in [7, 11) is 0. The maximum Gasteiger partial charge on any atom is -0.00987 e. The van der Waals surface area contributed by atoms with E-state index < -0.39 is 0 Å². The average molecular weight is 507 g/mol. The first kappa shape index (κ1) is 22.8. The lowest BCUT2D eigenvalue weighted by molar-refractivity contribution is 1.65. The maximum atomic E-state index is 2.31. The number of hydrogen-bond acceptors (Lipinski definition) is 0. The van der Waals surface area contributed by atoms with Gasteiger partial charge in [-0.15, -0.1) is 0 Å². The van der Waals surface area contributed by atoms with Crippen molar-refractivity contribution < 1.29 is 0 Å². The molecule has 0 radical (unpaired) electrons. The van der Waals surface area contributed by atoms with Crippen molar-refractivity contribution in [2.45, 2.75) is 0 Å². The lowest BCUT2D eigenvalue weighted by Crippen LogP contribution is -1.89. The first-order valence-corrected chi connectivity index (χ1v) is 13.9. The standard InChI is InChI=1S/C40H26/c1-3-11-29-25-31(21-19-27(29)9-1)33-15-7-17-38-36(33)16-8-18-39(38)40-24-23-34(35-13-5-6-14-37(35)40)32-22-20-28-10-2-4-12-30(28)26-32/h1-26H. The van der Waals surface area contributed by atoms with E-state index in [-0.39, 0.29) is 0 Å². The minimum atomic E-state index is 1.25. The van der Waals surface area contributed by atoms with Crippen LogP contribution in [0.25, 0.3) is 76.5 Å². The molecule has 40 heavy (non-hydrogen) atoms. The zero-order valence-electron chi connectivity index (χ0n) is 22.0. The Morgan fingerprint density at radius 3 is 1.18 bits per heavy atom. The molecule has 8 aromatic rings. The van der Waals surface area contributed by atoms with Crippen LogP contribution in [0.3, 0.4) is 0 Å². The Morgan fingerprint density at radius 2 is 0.600 bits per heavy atom. The van der Waals surface area contributed by atoms with Gasteiger partial charge in [-0.2, -0.15) is 0 Å². The molecule has 186 valence electrons. The molecule has 0 bridgehead atoms. The maximum absolute atomic E-state index is 2.31. The van der Waals surface area contributed by atoms with Crippen LogP contribution in [0.5, 0.6) is 0 Å². The molecule has 0 spiro atoms. The third-order valence-corrected chi connectivity index (χ3v) is 8.26. The Labute approximate surface area is 233 Å².